The van der Waals surface area contributed by atoms with Crippen LogP contribution in [0, 0.1) is 0 Å². The van der Waals surface area contributed by atoms with Gasteiger partial charge in [-0.1, -0.05) is 0 Å². The van der Waals surface area contributed by atoms with Gasteiger partial charge in [0.1, 0.15) is 0 Å². The molecule has 62 valence electrons. The third-order valence-electron chi connectivity index (χ3n) is 1.80. The van der Waals surface area contributed by atoms with E-state index in [0.717, 1.165) is 23.1 Å². The molecule has 0 aliphatic heterocycles. The first-order valence-corrected chi connectivity index (χ1v) is 3.90. The smallest absolute Gasteiger partial charge is 0.181 e. The van der Waals surface area contributed by atoms with Crippen molar-refractivity contribution in [2.24, 2.45) is 5.73 Å². The summed E-state index contributed by atoms with van der Waals surface area (Å²) in [5.74, 6) is 0. The Bertz CT molecular complexity index is 379. The van der Waals surface area contributed by atoms with Crippen molar-refractivity contribution in [1.29, 1.82) is 0 Å². The van der Waals surface area contributed by atoms with Crippen molar-refractivity contribution in [2.75, 3.05) is 6.54 Å². The van der Waals surface area contributed by atoms with E-state index in [0.29, 0.717) is 6.54 Å². The first kappa shape index (κ1) is 7.24. The van der Waals surface area contributed by atoms with Crippen molar-refractivity contribution in [3.05, 3.63) is 24.0 Å². The molecule has 4 heteroatoms. The zero-order valence-electron chi connectivity index (χ0n) is 6.62. The predicted octanol–water partition coefficient (Wildman–Crippen LogP) is 0.459. The number of nitrogens with zero attached hydrogens (tertiary/aromatic N) is 2. The quantitative estimate of drug-likeness (QED) is 0.674. The summed E-state index contributed by atoms with van der Waals surface area (Å²) >= 11 is 0. The molecule has 0 atom stereocenters. The van der Waals surface area contributed by atoms with E-state index in [4.69, 9.17) is 5.73 Å². The summed E-state index contributed by atoms with van der Waals surface area (Å²) < 4.78 is 0. The minimum absolute atomic E-state index is 0.631. The van der Waals surface area contributed by atoms with Gasteiger partial charge in [-0.2, -0.15) is 5.10 Å². The van der Waals surface area contributed by atoms with Crippen molar-refractivity contribution >= 4 is 11.0 Å². The highest BCUT2D eigenvalue weighted by Gasteiger charge is 2.02. The fourth-order valence-corrected chi connectivity index (χ4v) is 1.24. The normalized spacial score (nSPS) is 10.8. The molecular formula is C8H10N4. The zero-order chi connectivity index (χ0) is 8.39. The maximum atomic E-state index is 5.44. The van der Waals surface area contributed by atoms with Gasteiger partial charge in [0.15, 0.2) is 5.65 Å². The van der Waals surface area contributed by atoms with Crippen LogP contribution in [0.25, 0.3) is 11.0 Å². The molecule has 2 aromatic heterocycles. The van der Waals surface area contributed by atoms with Crippen LogP contribution in [0.3, 0.4) is 0 Å². The maximum Gasteiger partial charge on any atom is 0.181 e. The topological polar surface area (TPSA) is 67.6 Å². The number of nitrogens with one attached hydrogen (secondary N) is 1. The Kier molecular flexibility index (Phi) is 1.75. The van der Waals surface area contributed by atoms with Crippen molar-refractivity contribution in [3.63, 3.8) is 0 Å². The highest BCUT2D eigenvalue weighted by atomic mass is 15.1. The summed E-state index contributed by atoms with van der Waals surface area (Å²) in [4.78, 5) is 4.10. The van der Waals surface area contributed by atoms with Gasteiger partial charge in [0.05, 0.1) is 0 Å². The highest BCUT2D eigenvalue weighted by Crippen LogP contribution is 2.12. The van der Waals surface area contributed by atoms with E-state index >= 15 is 0 Å². The number of aromatic nitrogens is 3. The monoisotopic (exact) mass is 162 g/mol. The molecular weight excluding hydrogens is 152 g/mol. The van der Waals surface area contributed by atoms with E-state index in [-0.39, 0.29) is 0 Å². The predicted molar refractivity (Wildman–Crippen MR) is 46.6 cm³/mol. The van der Waals surface area contributed by atoms with Gasteiger partial charge in [-0.15, -0.1) is 0 Å². The second kappa shape index (κ2) is 2.91. The molecule has 4 nitrogen and oxygen atoms in total. The maximum absolute atomic E-state index is 5.44. The standard InChI is InChI=1S/C8H10N4/c9-4-3-7-6-2-1-5-10-8(6)12-11-7/h1-2,5H,3-4,9H2,(H,10,11,12). The van der Waals surface area contributed by atoms with Crippen LogP contribution < -0.4 is 5.73 Å². The summed E-state index contributed by atoms with van der Waals surface area (Å²) in [6.45, 7) is 0.631. The molecule has 0 bridgehead atoms. The van der Waals surface area contributed by atoms with E-state index in [1.807, 2.05) is 12.1 Å². The Labute approximate surface area is 69.8 Å². The molecule has 0 radical (unpaired) electrons. The third kappa shape index (κ3) is 1.06. The number of nitrogens with two attached hydrogens (primary N) is 1. The van der Waals surface area contributed by atoms with Gasteiger partial charge in [-0.3, -0.25) is 5.10 Å². The van der Waals surface area contributed by atoms with Crippen LogP contribution in [0.1, 0.15) is 5.69 Å². The molecule has 0 fully saturated rings. The van der Waals surface area contributed by atoms with Crippen LogP contribution in [0.2, 0.25) is 0 Å². The molecule has 2 rings (SSSR count). The summed E-state index contributed by atoms with van der Waals surface area (Å²) in [6.07, 6.45) is 2.55. The molecule has 0 spiro atoms. The van der Waals surface area contributed by atoms with Crippen LogP contribution in [0.15, 0.2) is 18.3 Å². The number of H-pyrrole nitrogens is 1. The minimum Gasteiger partial charge on any atom is -0.330 e. The Morgan fingerprint density at radius 2 is 2.42 bits per heavy atom. The van der Waals surface area contributed by atoms with Gasteiger partial charge in [0.25, 0.3) is 0 Å². The van der Waals surface area contributed by atoms with Gasteiger partial charge in [0.2, 0.25) is 0 Å². The lowest BCUT2D eigenvalue weighted by molar-refractivity contribution is 0.908. The molecule has 0 aliphatic carbocycles. The van der Waals surface area contributed by atoms with Crippen LogP contribution in [-0.2, 0) is 6.42 Å². The average Bonchev–Trinajstić information content (AvgIpc) is 2.50. The summed E-state index contributed by atoms with van der Waals surface area (Å²) in [5, 5.41) is 8.04. The molecule has 0 aromatic carbocycles. The van der Waals surface area contributed by atoms with Gasteiger partial charge >= 0.3 is 0 Å². The number of hydrogen-bond acceptors (Lipinski definition) is 3. The van der Waals surface area contributed by atoms with Gasteiger partial charge in [-0.25, -0.2) is 4.98 Å². The second-order valence-corrected chi connectivity index (χ2v) is 2.62. The molecule has 0 unspecified atom stereocenters. The van der Waals surface area contributed by atoms with E-state index in [9.17, 15) is 0 Å². The molecule has 0 amide bonds. The van der Waals surface area contributed by atoms with Crippen molar-refractivity contribution in [1.82, 2.24) is 15.2 Å². The number of aromatic amines is 1. The Morgan fingerprint density at radius 3 is 3.25 bits per heavy atom. The molecule has 12 heavy (non-hydrogen) atoms. The second-order valence-electron chi connectivity index (χ2n) is 2.62. The molecule has 0 saturated carbocycles. The van der Waals surface area contributed by atoms with E-state index in [1.54, 1.807) is 6.20 Å². The molecule has 3 N–H and O–H groups in total. The lowest BCUT2D eigenvalue weighted by atomic mass is 10.2. The fraction of sp³-hybridized carbons (Fsp3) is 0.250. The number of fused-ring (bicyclic) bond motifs is 1. The lowest BCUT2D eigenvalue weighted by Crippen LogP contribution is -2.03. The SMILES string of the molecule is NCCc1[nH]nc2ncccc12. The van der Waals surface area contributed by atoms with Crippen LogP contribution in [0.5, 0.6) is 0 Å². The number of pyridine rings is 1. The zero-order valence-corrected chi connectivity index (χ0v) is 6.62. The summed E-state index contributed by atoms with van der Waals surface area (Å²) in [6, 6.07) is 3.90. The first-order valence-electron chi connectivity index (χ1n) is 3.90. The van der Waals surface area contributed by atoms with Crippen molar-refractivity contribution in [2.45, 2.75) is 6.42 Å². The molecule has 2 aromatic rings. The minimum atomic E-state index is 0.631. The van der Waals surface area contributed by atoms with Crippen LogP contribution >= 0.6 is 0 Å². The molecule has 0 saturated heterocycles. The Hall–Kier alpha value is -1.42. The largest absolute Gasteiger partial charge is 0.330 e. The highest BCUT2D eigenvalue weighted by molar-refractivity contribution is 5.77. The average molecular weight is 162 g/mol. The Morgan fingerprint density at radius 1 is 1.50 bits per heavy atom. The first-order chi connectivity index (χ1) is 5.92. The summed E-state index contributed by atoms with van der Waals surface area (Å²) in [5.41, 5.74) is 7.28. The van der Waals surface area contributed by atoms with Crippen LogP contribution in [0.4, 0.5) is 0 Å². The Balaban J connectivity index is 2.55. The van der Waals surface area contributed by atoms with Gasteiger partial charge in [-0.05, 0) is 18.7 Å². The summed E-state index contributed by atoms with van der Waals surface area (Å²) in [7, 11) is 0. The number of hydrogen-bond donors (Lipinski definition) is 2. The fourth-order valence-electron chi connectivity index (χ4n) is 1.24. The van der Waals surface area contributed by atoms with E-state index in [2.05, 4.69) is 15.2 Å². The number of rotatable bonds is 2. The molecule has 0 aliphatic rings. The van der Waals surface area contributed by atoms with Crippen LogP contribution in [-0.4, -0.2) is 21.7 Å². The van der Waals surface area contributed by atoms with Gasteiger partial charge in [0, 0.05) is 23.7 Å². The van der Waals surface area contributed by atoms with E-state index < -0.39 is 0 Å². The van der Waals surface area contributed by atoms with E-state index in [1.165, 1.54) is 0 Å². The molecule has 2 heterocycles. The lowest BCUT2D eigenvalue weighted by Gasteiger charge is -1.92. The van der Waals surface area contributed by atoms with Crippen molar-refractivity contribution < 1.29 is 0 Å². The van der Waals surface area contributed by atoms with Gasteiger partial charge < -0.3 is 5.73 Å². The van der Waals surface area contributed by atoms with Crippen molar-refractivity contribution in [3.8, 4) is 0 Å². The third-order valence-corrected chi connectivity index (χ3v) is 1.80.